The Kier molecular flexibility index (Phi) is 4.23. The molecule has 0 atom stereocenters. The van der Waals surface area contributed by atoms with Crippen molar-refractivity contribution in [1.82, 2.24) is 0 Å². The molecule has 3 rings (SSSR count). The van der Waals surface area contributed by atoms with Gasteiger partial charge < -0.3 is 10.4 Å². The summed E-state index contributed by atoms with van der Waals surface area (Å²) in [6, 6.07) is 11.0. The van der Waals surface area contributed by atoms with E-state index in [0.717, 1.165) is 28.8 Å². The topological polar surface area (TPSA) is 49.3 Å². The second kappa shape index (κ2) is 6.15. The van der Waals surface area contributed by atoms with Crippen molar-refractivity contribution in [3.05, 3.63) is 57.6 Å². The summed E-state index contributed by atoms with van der Waals surface area (Å²) in [6.07, 6.45) is 2.58. The van der Waals surface area contributed by atoms with E-state index in [2.05, 4.69) is 21.2 Å². The Morgan fingerprint density at radius 2 is 2.05 bits per heavy atom. The van der Waals surface area contributed by atoms with Crippen molar-refractivity contribution in [2.24, 2.45) is 0 Å². The molecule has 0 fully saturated rings. The van der Waals surface area contributed by atoms with E-state index in [1.807, 2.05) is 24.3 Å². The van der Waals surface area contributed by atoms with Crippen molar-refractivity contribution < 1.29 is 9.90 Å². The molecular formula is C17H13BrClNO2. The third kappa shape index (κ3) is 2.89. The molecule has 0 unspecified atom stereocenters. The van der Waals surface area contributed by atoms with Gasteiger partial charge in [0.25, 0.3) is 5.91 Å². The Balaban J connectivity index is 2.04. The van der Waals surface area contributed by atoms with Crippen LogP contribution in [-0.4, -0.2) is 16.9 Å². The molecule has 0 aromatic heterocycles. The van der Waals surface area contributed by atoms with Gasteiger partial charge in [-0.05, 0) is 63.8 Å². The van der Waals surface area contributed by atoms with E-state index in [1.54, 1.807) is 18.2 Å². The molecule has 1 heterocycles. The summed E-state index contributed by atoms with van der Waals surface area (Å²) in [6.45, 7) is 0. The number of halogens is 2. The molecule has 2 N–H and O–H groups in total. The number of carbonyl (C=O) groups is 1. The summed E-state index contributed by atoms with van der Waals surface area (Å²) in [4.78, 5) is 12.2. The fourth-order valence-corrected chi connectivity index (χ4v) is 3.04. The van der Waals surface area contributed by atoms with Gasteiger partial charge in [0.2, 0.25) is 0 Å². The van der Waals surface area contributed by atoms with Crippen LogP contribution in [0.15, 0.2) is 40.9 Å². The van der Waals surface area contributed by atoms with Crippen molar-refractivity contribution in [1.29, 1.82) is 0 Å². The fraction of sp³-hybridized carbons (Fsp3) is 0.118. The molecule has 1 aliphatic rings. The number of alkyl halides is 1. The number of rotatable bonds is 3. The van der Waals surface area contributed by atoms with E-state index in [9.17, 15) is 9.90 Å². The molecule has 0 spiro atoms. The molecule has 3 nitrogen and oxygen atoms in total. The Morgan fingerprint density at radius 3 is 2.77 bits per heavy atom. The highest BCUT2D eigenvalue weighted by atomic mass is 79.9. The highest BCUT2D eigenvalue weighted by molar-refractivity contribution is 9.10. The predicted molar refractivity (Wildman–Crippen MR) is 93.2 cm³/mol. The maximum atomic E-state index is 12.2. The van der Waals surface area contributed by atoms with Gasteiger partial charge in [-0.3, -0.25) is 4.79 Å². The van der Waals surface area contributed by atoms with Gasteiger partial charge in [-0.2, -0.15) is 0 Å². The number of fused-ring (bicyclic) bond motifs is 1. The second-order valence-electron chi connectivity index (χ2n) is 5.04. The Morgan fingerprint density at radius 1 is 1.23 bits per heavy atom. The summed E-state index contributed by atoms with van der Waals surface area (Å²) in [7, 11) is 0. The first-order valence-corrected chi connectivity index (χ1v) is 8.12. The maximum Gasteiger partial charge on any atom is 0.256 e. The number of aromatic hydroxyl groups is 1. The molecule has 1 amide bonds. The number of anilines is 1. The molecule has 0 radical (unpaired) electrons. The molecule has 22 heavy (non-hydrogen) atoms. The minimum Gasteiger partial charge on any atom is -0.507 e. The fourth-order valence-electron chi connectivity index (χ4n) is 2.42. The van der Waals surface area contributed by atoms with Crippen LogP contribution in [0.5, 0.6) is 5.75 Å². The SMILES string of the molecule is O=C1Nc2ccc(CCCl)cc2C1=Cc1ccc(O)c(Br)c1. The standard InChI is InChI=1S/C17H13BrClNO2/c18-14-9-11(2-4-16(14)21)8-13-12-7-10(5-6-19)1-3-15(12)20-17(13)22/h1-4,7-9,21H,5-6H2,(H,20,22). The van der Waals surface area contributed by atoms with Gasteiger partial charge in [0.15, 0.2) is 0 Å². The van der Waals surface area contributed by atoms with E-state index < -0.39 is 0 Å². The van der Waals surface area contributed by atoms with Gasteiger partial charge in [0.05, 0.1) is 4.47 Å². The highest BCUT2D eigenvalue weighted by Gasteiger charge is 2.24. The van der Waals surface area contributed by atoms with Gasteiger partial charge >= 0.3 is 0 Å². The summed E-state index contributed by atoms with van der Waals surface area (Å²) in [5.74, 6) is 0.592. The Bertz CT molecular complexity index is 786. The summed E-state index contributed by atoms with van der Waals surface area (Å²) in [5, 5.41) is 12.4. The average molecular weight is 379 g/mol. The van der Waals surface area contributed by atoms with Gasteiger partial charge in [0, 0.05) is 22.7 Å². The minimum absolute atomic E-state index is 0.123. The molecular weight excluding hydrogens is 366 g/mol. The van der Waals surface area contributed by atoms with E-state index in [4.69, 9.17) is 11.6 Å². The minimum atomic E-state index is -0.123. The van der Waals surface area contributed by atoms with Crippen LogP contribution in [0.2, 0.25) is 0 Å². The van der Waals surface area contributed by atoms with E-state index in [0.29, 0.717) is 15.9 Å². The number of carbonyl (C=O) groups excluding carboxylic acids is 1. The van der Waals surface area contributed by atoms with Crippen LogP contribution in [0.25, 0.3) is 11.6 Å². The van der Waals surface area contributed by atoms with Crippen molar-refractivity contribution in [3.63, 3.8) is 0 Å². The summed E-state index contributed by atoms with van der Waals surface area (Å²) < 4.78 is 0.594. The van der Waals surface area contributed by atoms with E-state index in [-0.39, 0.29) is 11.7 Å². The molecule has 2 aromatic carbocycles. The molecule has 1 aliphatic heterocycles. The van der Waals surface area contributed by atoms with E-state index in [1.165, 1.54) is 0 Å². The van der Waals surface area contributed by atoms with Crippen molar-refractivity contribution in [3.8, 4) is 5.75 Å². The lowest BCUT2D eigenvalue weighted by atomic mass is 10.0. The molecule has 0 saturated heterocycles. The van der Waals surface area contributed by atoms with Crippen molar-refractivity contribution in [2.75, 3.05) is 11.2 Å². The van der Waals surface area contributed by atoms with Crippen LogP contribution in [0, 0.1) is 0 Å². The lowest BCUT2D eigenvalue weighted by Gasteiger charge is -2.03. The van der Waals surface area contributed by atoms with Crippen LogP contribution in [0.4, 0.5) is 5.69 Å². The Labute approximate surface area is 141 Å². The summed E-state index contributed by atoms with van der Waals surface area (Å²) in [5.41, 5.74) is 4.25. The number of aryl methyl sites for hydroxylation is 1. The molecule has 0 aliphatic carbocycles. The van der Waals surface area contributed by atoms with Gasteiger partial charge in [-0.15, -0.1) is 11.6 Å². The van der Waals surface area contributed by atoms with Crippen molar-refractivity contribution >= 4 is 50.8 Å². The van der Waals surface area contributed by atoms with Crippen LogP contribution in [0.3, 0.4) is 0 Å². The van der Waals surface area contributed by atoms with Gasteiger partial charge in [0.1, 0.15) is 5.75 Å². The largest absolute Gasteiger partial charge is 0.507 e. The molecule has 112 valence electrons. The highest BCUT2D eigenvalue weighted by Crippen LogP contribution is 2.35. The lowest BCUT2D eigenvalue weighted by Crippen LogP contribution is -2.03. The van der Waals surface area contributed by atoms with Crippen LogP contribution < -0.4 is 5.32 Å². The van der Waals surface area contributed by atoms with E-state index >= 15 is 0 Å². The second-order valence-corrected chi connectivity index (χ2v) is 6.27. The zero-order chi connectivity index (χ0) is 15.7. The molecule has 2 aromatic rings. The quantitative estimate of drug-likeness (QED) is 0.613. The lowest BCUT2D eigenvalue weighted by molar-refractivity contribution is -0.110. The molecule has 5 heteroatoms. The average Bonchev–Trinajstić information content (AvgIpc) is 2.79. The zero-order valence-corrected chi connectivity index (χ0v) is 13.9. The third-order valence-electron chi connectivity index (χ3n) is 3.53. The molecule has 0 bridgehead atoms. The number of hydrogen-bond donors (Lipinski definition) is 2. The third-order valence-corrected chi connectivity index (χ3v) is 4.36. The van der Waals surface area contributed by atoms with Crippen LogP contribution in [0.1, 0.15) is 16.7 Å². The first-order chi connectivity index (χ1) is 10.6. The van der Waals surface area contributed by atoms with Gasteiger partial charge in [-0.25, -0.2) is 0 Å². The summed E-state index contributed by atoms with van der Waals surface area (Å²) >= 11 is 9.07. The smallest absolute Gasteiger partial charge is 0.256 e. The monoisotopic (exact) mass is 377 g/mol. The zero-order valence-electron chi connectivity index (χ0n) is 11.6. The first-order valence-electron chi connectivity index (χ1n) is 6.79. The number of phenolic OH excluding ortho intramolecular Hbond substituents is 1. The normalized spacial score (nSPS) is 15.0. The van der Waals surface area contributed by atoms with Crippen molar-refractivity contribution in [2.45, 2.75) is 6.42 Å². The Hall–Kier alpha value is -1.78. The number of nitrogens with one attached hydrogen (secondary N) is 1. The number of amides is 1. The number of hydrogen-bond acceptors (Lipinski definition) is 2. The van der Waals surface area contributed by atoms with Crippen LogP contribution >= 0.6 is 27.5 Å². The van der Waals surface area contributed by atoms with Crippen LogP contribution in [-0.2, 0) is 11.2 Å². The molecule has 0 saturated carbocycles. The number of benzene rings is 2. The van der Waals surface area contributed by atoms with Gasteiger partial charge in [-0.1, -0.05) is 12.1 Å². The predicted octanol–water partition coefficient (Wildman–Crippen LogP) is 4.43. The maximum absolute atomic E-state index is 12.2. The number of phenols is 1. The first kappa shape index (κ1) is 15.1.